The van der Waals surface area contributed by atoms with Gasteiger partial charge in [0, 0.05) is 31.8 Å². The summed E-state index contributed by atoms with van der Waals surface area (Å²) >= 11 is 0. The molecule has 1 saturated carbocycles. The fraction of sp³-hybridized carbons (Fsp3) is 0.706. The summed E-state index contributed by atoms with van der Waals surface area (Å²) in [6.07, 6.45) is 9.55. The van der Waals surface area contributed by atoms with Crippen molar-refractivity contribution in [2.24, 2.45) is 0 Å². The minimum absolute atomic E-state index is 0.180. The van der Waals surface area contributed by atoms with Crippen molar-refractivity contribution in [3.05, 3.63) is 23.4 Å². The van der Waals surface area contributed by atoms with Gasteiger partial charge in [0.15, 0.2) is 5.82 Å². The first-order valence-electron chi connectivity index (χ1n) is 9.34. The van der Waals surface area contributed by atoms with Crippen LogP contribution < -0.4 is 5.32 Å². The van der Waals surface area contributed by atoms with Crippen LogP contribution in [0.15, 0.2) is 4.52 Å². The Hall–Kier alpha value is -2.25. The predicted octanol–water partition coefficient (Wildman–Crippen LogP) is 2.02. The molecular weight excluding hydrogens is 320 g/mol. The quantitative estimate of drug-likeness (QED) is 0.891. The van der Waals surface area contributed by atoms with Crippen LogP contribution >= 0.6 is 0 Å². The van der Waals surface area contributed by atoms with Gasteiger partial charge in [-0.1, -0.05) is 24.4 Å². The molecular formula is C17H24N6O2. The highest BCUT2D eigenvalue weighted by atomic mass is 16.5. The smallest absolute Gasteiger partial charge is 0.289 e. The Bertz CT molecular complexity index is 731. The van der Waals surface area contributed by atoms with E-state index in [4.69, 9.17) is 4.52 Å². The van der Waals surface area contributed by atoms with Crippen LogP contribution in [-0.4, -0.2) is 37.4 Å². The van der Waals surface area contributed by atoms with Crippen molar-refractivity contribution in [1.82, 2.24) is 30.2 Å². The van der Waals surface area contributed by atoms with Crippen molar-refractivity contribution in [3.8, 4) is 0 Å². The Balaban J connectivity index is 1.31. The molecule has 2 aromatic heterocycles. The van der Waals surface area contributed by atoms with E-state index in [1.54, 1.807) is 0 Å². The molecule has 8 heteroatoms. The van der Waals surface area contributed by atoms with Crippen molar-refractivity contribution in [3.63, 3.8) is 0 Å². The Kier molecular flexibility index (Phi) is 4.76. The first-order chi connectivity index (χ1) is 12.3. The molecule has 0 bridgehead atoms. The number of fused-ring (bicyclic) bond motifs is 1. The number of aromatic nitrogens is 5. The van der Waals surface area contributed by atoms with Crippen LogP contribution in [0.5, 0.6) is 0 Å². The summed E-state index contributed by atoms with van der Waals surface area (Å²) in [7, 11) is 0. The molecule has 0 radical (unpaired) electrons. The molecule has 1 aliphatic carbocycles. The third-order valence-corrected chi connectivity index (χ3v) is 5.13. The number of carbonyl (C=O) groups excluding carboxylic acids is 1. The summed E-state index contributed by atoms with van der Waals surface area (Å²) in [5, 5.41) is 15.2. The van der Waals surface area contributed by atoms with E-state index in [1.165, 1.54) is 19.3 Å². The molecule has 0 spiro atoms. The van der Waals surface area contributed by atoms with E-state index in [9.17, 15) is 4.79 Å². The molecule has 0 atom stereocenters. The van der Waals surface area contributed by atoms with E-state index in [-0.39, 0.29) is 5.91 Å². The second kappa shape index (κ2) is 7.33. The van der Waals surface area contributed by atoms with Crippen LogP contribution in [0.1, 0.15) is 79.0 Å². The minimum atomic E-state index is -0.180. The lowest BCUT2D eigenvalue weighted by Crippen LogP contribution is -2.29. The van der Waals surface area contributed by atoms with Crippen molar-refractivity contribution in [2.75, 3.05) is 6.54 Å². The van der Waals surface area contributed by atoms with Gasteiger partial charge in [-0.2, -0.15) is 4.98 Å². The summed E-state index contributed by atoms with van der Waals surface area (Å²) in [5.41, 5.74) is 0. The SMILES string of the molecule is O=C(NCCc1noc(C2CCCC2)n1)c1nnc2n1CCCCC2. The zero-order chi connectivity index (χ0) is 17.1. The highest BCUT2D eigenvalue weighted by Crippen LogP contribution is 2.32. The van der Waals surface area contributed by atoms with E-state index >= 15 is 0 Å². The normalized spacial score (nSPS) is 18.1. The van der Waals surface area contributed by atoms with Gasteiger partial charge in [-0.05, 0) is 25.7 Å². The summed E-state index contributed by atoms with van der Waals surface area (Å²) in [4.78, 5) is 16.9. The van der Waals surface area contributed by atoms with Crippen molar-refractivity contribution in [1.29, 1.82) is 0 Å². The van der Waals surface area contributed by atoms with Crippen LogP contribution in [0.3, 0.4) is 0 Å². The minimum Gasteiger partial charge on any atom is -0.349 e. The highest BCUT2D eigenvalue weighted by Gasteiger charge is 2.23. The Morgan fingerprint density at radius 1 is 1.16 bits per heavy atom. The van der Waals surface area contributed by atoms with Crippen molar-refractivity contribution in [2.45, 2.75) is 70.3 Å². The van der Waals surface area contributed by atoms with E-state index in [0.717, 1.165) is 50.4 Å². The number of nitrogens with zero attached hydrogens (tertiary/aromatic N) is 5. The van der Waals surface area contributed by atoms with Crippen LogP contribution in [-0.2, 0) is 19.4 Å². The lowest BCUT2D eigenvalue weighted by atomic mass is 10.1. The monoisotopic (exact) mass is 344 g/mol. The van der Waals surface area contributed by atoms with Gasteiger partial charge in [0.1, 0.15) is 5.82 Å². The number of hydrogen-bond acceptors (Lipinski definition) is 6. The van der Waals surface area contributed by atoms with E-state index < -0.39 is 0 Å². The standard InChI is InChI=1S/C17H24N6O2/c24-16(15-21-20-14-8-2-1-5-11-23(14)15)18-10-9-13-19-17(25-22-13)12-6-3-4-7-12/h12H,1-11H2,(H,18,24). The van der Waals surface area contributed by atoms with Gasteiger partial charge in [-0.15, -0.1) is 10.2 Å². The molecule has 0 saturated heterocycles. The first-order valence-corrected chi connectivity index (χ1v) is 9.34. The van der Waals surface area contributed by atoms with Gasteiger partial charge in [-0.25, -0.2) is 0 Å². The lowest BCUT2D eigenvalue weighted by Gasteiger charge is -2.06. The number of rotatable bonds is 5. The molecule has 0 aromatic carbocycles. The van der Waals surface area contributed by atoms with E-state index in [1.807, 2.05) is 4.57 Å². The third-order valence-electron chi connectivity index (χ3n) is 5.13. The molecule has 25 heavy (non-hydrogen) atoms. The summed E-state index contributed by atoms with van der Waals surface area (Å²) in [6, 6.07) is 0. The van der Waals surface area contributed by atoms with Crippen LogP contribution in [0.25, 0.3) is 0 Å². The van der Waals surface area contributed by atoms with Gasteiger partial charge in [0.2, 0.25) is 11.7 Å². The van der Waals surface area contributed by atoms with Crippen LogP contribution in [0.2, 0.25) is 0 Å². The van der Waals surface area contributed by atoms with Crippen LogP contribution in [0, 0.1) is 0 Å². The molecule has 1 amide bonds. The molecule has 0 unspecified atom stereocenters. The molecule has 2 aliphatic rings. The van der Waals surface area contributed by atoms with Gasteiger partial charge >= 0.3 is 0 Å². The number of hydrogen-bond donors (Lipinski definition) is 1. The summed E-state index contributed by atoms with van der Waals surface area (Å²) in [5.74, 6) is 2.98. The topological polar surface area (TPSA) is 98.7 Å². The fourth-order valence-corrected chi connectivity index (χ4v) is 3.73. The molecule has 134 valence electrons. The number of amides is 1. The van der Waals surface area contributed by atoms with Gasteiger partial charge in [-0.3, -0.25) is 4.79 Å². The molecule has 3 heterocycles. The highest BCUT2D eigenvalue weighted by molar-refractivity contribution is 5.90. The average Bonchev–Trinajstić information content (AvgIpc) is 3.33. The zero-order valence-corrected chi connectivity index (χ0v) is 14.4. The predicted molar refractivity (Wildman–Crippen MR) is 89.1 cm³/mol. The Morgan fingerprint density at radius 2 is 2.04 bits per heavy atom. The fourth-order valence-electron chi connectivity index (χ4n) is 3.73. The molecule has 4 rings (SSSR count). The van der Waals surface area contributed by atoms with Gasteiger partial charge < -0.3 is 14.4 Å². The zero-order valence-electron chi connectivity index (χ0n) is 14.4. The van der Waals surface area contributed by atoms with Gasteiger partial charge in [0.25, 0.3) is 5.91 Å². The lowest BCUT2D eigenvalue weighted by molar-refractivity contribution is 0.0938. The molecule has 1 N–H and O–H groups in total. The molecule has 1 aliphatic heterocycles. The van der Waals surface area contributed by atoms with Gasteiger partial charge in [0.05, 0.1) is 0 Å². The number of nitrogens with one attached hydrogen (secondary N) is 1. The van der Waals surface area contributed by atoms with Crippen LogP contribution in [0.4, 0.5) is 0 Å². The molecule has 2 aromatic rings. The Morgan fingerprint density at radius 3 is 2.92 bits per heavy atom. The van der Waals surface area contributed by atoms with Crippen molar-refractivity contribution >= 4 is 5.91 Å². The van der Waals surface area contributed by atoms with Crippen molar-refractivity contribution < 1.29 is 9.32 Å². The second-order valence-electron chi connectivity index (χ2n) is 6.94. The average molecular weight is 344 g/mol. The number of carbonyl (C=O) groups is 1. The summed E-state index contributed by atoms with van der Waals surface area (Å²) in [6.45, 7) is 1.28. The Labute approximate surface area is 146 Å². The number of aryl methyl sites for hydroxylation is 1. The summed E-state index contributed by atoms with van der Waals surface area (Å²) < 4.78 is 7.32. The molecule has 1 fully saturated rings. The largest absolute Gasteiger partial charge is 0.349 e. The maximum absolute atomic E-state index is 12.4. The van der Waals surface area contributed by atoms with E-state index in [2.05, 4.69) is 25.7 Å². The first kappa shape index (κ1) is 16.2. The maximum Gasteiger partial charge on any atom is 0.289 e. The maximum atomic E-state index is 12.4. The van der Waals surface area contributed by atoms with E-state index in [0.29, 0.717) is 30.5 Å². The third kappa shape index (κ3) is 3.57. The molecule has 8 nitrogen and oxygen atoms in total. The second-order valence-corrected chi connectivity index (χ2v) is 6.94.